The molecular weight excluding hydrogens is 276 g/mol. The fourth-order valence-corrected chi connectivity index (χ4v) is 3.18. The third-order valence-corrected chi connectivity index (χ3v) is 4.25. The summed E-state index contributed by atoms with van der Waals surface area (Å²) in [5, 5.41) is 7.07. The summed E-state index contributed by atoms with van der Waals surface area (Å²) in [6.07, 6.45) is 3.59. The van der Waals surface area contributed by atoms with Gasteiger partial charge in [0.05, 0.1) is 17.7 Å². The monoisotopic (exact) mass is 294 g/mol. The molecule has 2 unspecified atom stereocenters. The van der Waals surface area contributed by atoms with Gasteiger partial charge in [0, 0.05) is 24.4 Å². The van der Waals surface area contributed by atoms with Crippen LogP contribution < -0.4 is 15.4 Å². The Morgan fingerprint density at radius 2 is 2.35 bits per heavy atom. The summed E-state index contributed by atoms with van der Waals surface area (Å²) in [6, 6.07) is 6.01. The van der Waals surface area contributed by atoms with Gasteiger partial charge in [-0.15, -0.1) is 0 Å². The fourth-order valence-electron chi connectivity index (χ4n) is 2.94. The fraction of sp³-hybridized carbons (Fsp3) is 0.533. The average molecular weight is 295 g/mol. The van der Waals surface area contributed by atoms with Gasteiger partial charge in [-0.25, -0.2) is 0 Å². The van der Waals surface area contributed by atoms with Crippen molar-refractivity contribution < 1.29 is 9.53 Å². The molecule has 2 N–H and O–H groups in total. The molecule has 0 aliphatic carbocycles. The maximum atomic E-state index is 12.1. The van der Waals surface area contributed by atoms with Crippen molar-refractivity contribution in [2.75, 3.05) is 13.2 Å². The van der Waals surface area contributed by atoms with Crippen molar-refractivity contribution in [3.05, 3.63) is 28.8 Å². The van der Waals surface area contributed by atoms with Gasteiger partial charge in [-0.1, -0.05) is 23.7 Å². The van der Waals surface area contributed by atoms with Gasteiger partial charge >= 0.3 is 0 Å². The van der Waals surface area contributed by atoms with E-state index in [1.54, 1.807) is 0 Å². The number of para-hydroxylation sites is 1. The van der Waals surface area contributed by atoms with E-state index in [0.717, 1.165) is 31.4 Å². The molecule has 2 heterocycles. The first kappa shape index (κ1) is 13.7. The van der Waals surface area contributed by atoms with E-state index in [4.69, 9.17) is 16.3 Å². The largest absolute Gasteiger partial charge is 0.492 e. The Morgan fingerprint density at radius 3 is 3.15 bits per heavy atom. The Morgan fingerprint density at radius 1 is 1.45 bits per heavy atom. The van der Waals surface area contributed by atoms with Gasteiger partial charge in [0.15, 0.2) is 0 Å². The van der Waals surface area contributed by atoms with Crippen LogP contribution in [0.5, 0.6) is 5.75 Å². The number of nitrogens with one attached hydrogen (secondary N) is 2. The van der Waals surface area contributed by atoms with E-state index in [0.29, 0.717) is 29.8 Å². The first-order valence-corrected chi connectivity index (χ1v) is 7.56. The predicted octanol–water partition coefficient (Wildman–Crippen LogP) is 2.42. The lowest BCUT2D eigenvalue weighted by Gasteiger charge is -2.27. The van der Waals surface area contributed by atoms with Gasteiger partial charge in [0.1, 0.15) is 5.75 Å². The van der Waals surface area contributed by atoms with Crippen LogP contribution in [0.2, 0.25) is 5.02 Å². The van der Waals surface area contributed by atoms with Crippen molar-refractivity contribution in [3.63, 3.8) is 0 Å². The molecule has 2 atom stereocenters. The molecule has 0 saturated carbocycles. The zero-order valence-corrected chi connectivity index (χ0v) is 12.1. The summed E-state index contributed by atoms with van der Waals surface area (Å²) < 4.78 is 5.60. The molecule has 1 aromatic carbocycles. The highest BCUT2D eigenvalue weighted by Crippen LogP contribution is 2.37. The highest BCUT2D eigenvalue weighted by Gasteiger charge is 2.26. The highest BCUT2D eigenvalue weighted by molar-refractivity contribution is 6.32. The molecule has 1 fully saturated rings. The van der Waals surface area contributed by atoms with Crippen LogP contribution >= 0.6 is 11.6 Å². The standard InChI is InChI=1S/C15H19ClN2O2/c16-12-5-1-4-11-13(6-8-20-15(11)12)18-14(19)9-10-3-2-7-17-10/h1,4-5,10,13,17H,2-3,6-9H2,(H,18,19). The van der Waals surface area contributed by atoms with E-state index >= 15 is 0 Å². The van der Waals surface area contributed by atoms with E-state index in [1.165, 1.54) is 0 Å². The molecule has 1 saturated heterocycles. The maximum Gasteiger partial charge on any atom is 0.222 e. The highest BCUT2D eigenvalue weighted by atomic mass is 35.5. The molecule has 3 rings (SSSR count). The number of amides is 1. The minimum atomic E-state index is 0.00588. The van der Waals surface area contributed by atoms with E-state index in [-0.39, 0.29) is 11.9 Å². The Labute approximate surface area is 123 Å². The average Bonchev–Trinajstić information content (AvgIpc) is 2.93. The number of halogens is 1. The third-order valence-electron chi connectivity index (χ3n) is 3.96. The van der Waals surface area contributed by atoms with Crippen LogP contribution in [0.4, 0.5) is 0 Å². The SMILES string of the molecule is O=C(CC1CCCN1)NC1CCOc2c(Cl)cccc21. The van der Waals surface area contributed by atoms with Crippen LogP contribution in [0.3, 0.4) is 0 Å². The summed E-state index contributed by atoms with van der Waals surface area (Å²) in [6.45, 7) is 1.61. The number of rotatable bonds is 3. The molecule has 5 heteroatoms. The van der Waals surface area contributed by atoms with Gasteiger partial charge in [-0.2, -0.15) is 0 Å². The molecule has 2 aliphatic rings. The van der Waals surface area contributed by atoms with Gasteiger partial charge in [-0.05, 0) is 25.5 Å². The Bertz CT molecular complexity index is 501. The van der Waals surface area contributed by atoms with Crippen LogP contribution in [-0.4, -0.2) is 25.1 Å². The van der Waals surface area contributed by atoms with Crippen molar-refractivity contribution in [2.45, 2.75) is 37.8 Å². The maximum absolute atomic E-state index is 12.1. The topological polar surface area (TPSA) is 50.4 Å². The normalized spacial score (nSPS) is 24.9. The lowest BCUT2D eigenvalue weighted by molar-refractivity contribution is -0.122. The van der Waals surface area contributed by atoms with Crippen molar-refractivity contribution in [1.82, 2.24) is 10.6 Å². The molecule has 0 spiro atoms. The Balaban J connectivity index is 1.66. The number of hydrogen-bond acceptors (Lipinski definition) is 3. The number of benzene rings is 1. The second-order valence-electron chi connectivity index (χ2n) is 5.41. The zero-order valence-electron chi connectivity index (χ0n) is 11.3. The summed E-state index contributed by atoms with van der Waals surface area (Å²) in [5.41, 5.74) is 0.983. The smallest absolute Gasteiger partial charge is 0.222 e. The van der Waals surface area contributed by atoms with Gasteiger partial charge in [0.2, 0.25) is 5.91 Å². The minimum absolute atomic E-state index is 0.00588. The van der Waals surface area contributed by atoms with E-state index in [1.807, 2.05) is 18.2 Å². The first-order valence-electron chi connectivity index (χ1n) is 7.18. The third kappa shape index (κ3) is 2.91. The second kappa shape index (κ2) is 6.02. The molecule has 1 amide bonds. The number of carbonyl (C=O) groups excluding carboxylic acids is 1. The molecule has 20 heavy (non-hydrogen) atoms. The predicted molar refractivity (Wildman–Crippen MR) is 78.1 cm³/mol. The summed E-state index contributed by atoms with van der Waals surface area (Å²) in [7, 11) is 0. The summed E-state index contributed by atoms with van der Waals surface area (Å²) >= 11 is 6.13. The van der Waals surface area contributed by atoms with Gasteiger partial charge < -0.3 is 15.4 Å². The number of fused-ring (bicyclic) bond motifs is 1. The lowest BCUT2D eigenvalue weighted by Crippen LogP contribution is -2.36. The quantitative estimate of drug-likeness (QED) is 0.900. The summed E-state index contributed by atoms with van der Waals surface area (Å²) in [4.78, 5) is 12.1. The van der Waals surface area contributed by atoms with Crippen LogP contribution in [-0.2, 0) is 4.79 Å². The molecule has 2 aliphatic heterocycles. The lowest BCUT2D eigenvalue weighted by atomic mass is 10.00. The molecule has 1 aromatic rings. The molecule has 0 aromatic heterocycles. The molecule has 4 nitrogen and oxygen atoms in total. The van der Waals surface area contributed by atoms with Crippen molar-refractivity contribution in [2.24, 2.45) is 0 Å². The van der Waals surface area contributed by atoms with Crippen LogP contribution in [0.15, 0.2) is 18.2 Å². The van der Waals surface area contributed by atoms with Gasteiger partial charge in [-0.3, -0.25) is 4.79 Å². The Kier molecular flexibility index (Phi) is 4.13. The second-order valence-corrected chi connectivity index (χ2v) is 5.82. The number of carbonyl (C=O) groups is 1. The van der Waals surface area contributed by atoms with Crippen LogP contribution in [0.1, 0.15) is 37.3 Å². The number of ether oxygens (including phenoxy) is 1. The van der Waals surface area contributed by atoms with Gasteiger partial charge in [0.25, 0.3) is 0 Å². The van der Waals surface area contributed by atoms with E-state index in [9.17, 15) is 4.79 Å². The van der Waals surface area contributed by atoms with Crippen LogP contribution in [0.25, 0.3) is 0 Å². The zero-order chi connectivity index (χ0) is 13.9. The van der Waals surface area contributed by atoms with E-state index < -0.39 is 0 Å². The molecule has 0 bridgehead atoms. The van der Waals surface area contributed by atoms with Crippen LogP contribution in [0, 0.1) is 0 Å². The minimum Gasteiger partial charge on any atom is -0.492 e. The Hall–Kier alpha value is -1.26. The number of hydrogen-bond donors (Lipinski definition) is 2. The van der Waals surface area contributed by atoms with Crippen molar-refractivity contribution in [3.8, 4) is 5.75 Å². The summed E-state index contributed by atoms with van der Waals surface area (Å²) in [5.74, 6) is 0.812. The van der Waals surface area contributed by atoms with Crippen molar-refractivity contribution >= 4 is 17.5 Å². The van der Waals surface area contributed by atoms with Crippen molar-refractivity contribution in [1.29, 1.82) is 0 Å². The first-order chi connectivity index (χ1) is 9.74. The molecule has 0 radical (unpaired) electrons. The molecule has 108 valence electrons. The molecular formula is C15H19ClN2O2. The van der Waals surface area contributed by atoms with E-state index in [2.05, 4.69) is 10.6 Å².